The molecule has 1 saturated heterocycles. The number of pyridine rings is 1. The summed E-state index contributed by atoms with van der Waals surface area (Å²) in [7, 11) is 1.96. The average molecular weight is 467 g/mol. The molecule has 0 atom stereocenters. The lowest BCUT2D eigenvalue weighted by Gasteiger charge is -2.31. The Balaban J connectivity index is 0.00000196. The van der Waals surface area contributed by atoms with Crippen molar-refractivity contribution in [2.75, 3.05) is 26.7 Å². The van der Waals surface area contributed by atoms with Crippen molar-refractivity contribution in [2.24, 2.45) is 5.92 Å². The van der Waals surface area contributed by atoms with Gasteiger partial charge < -0.3 is 15.0 Å². The van der Waals surface area contributed by atoms with Crippen molar-refractivity contribution >= 4 is 53.9 Å². The van der Waals surface area contributed by atoms with Crippen LogP contribution in [0.4, 0.5) is 0 Å². The van der Waals surface area contributed by atoms with E-state index in [9.17, 15) is 4.79 Å². The lowest BCUT2D eigenvalue weighted by molar-refractivity contribution is 0.0690. The molecule has 154 valence electrons. The number of likely N-dealkylation sites (tertiary alicyclic amines) is 1. The van der Waals surface area contributed by atoms with Crippen LogP contribution < -0.4 is 10.1 Å². The molecule has 0 radical (unpaired) electrons. The summed E-state index contributed by atoms with van der Waals surface area (Å²) in [4.78, 5) is 18.7. The molecule has 3 rings (SSSR count). The van der Waals surface area contributed by atoms with Gasteiger partial charge in [-0.05, 0) is 50.6 Å². The largest absolute Gasteiger partial charge is 0.437 e. The zero-order valence-corrected chi connectivity index (χ0v) is 18.5. The van der Waals surface area contributed by atoms with Crippen LogP contribution in [-0.4, -0.2) is 42.5 Å². The van der Waals surface area contributed by atoms with E-state index in [1.165, 1.54) is 6.20 Å². The van der Waals surface area contributed by atoms with Crippen LogP contribution >= 0.6 is 48.0 Å². The highest BCUT2D eigenvalue weighted by atomic mass is 35.5. The predicted molar refractivity (Wildman–Crippen MR) is 118 cm³/mol. The van der Waals surface area contributed by atoms with Gasteiger partial charge in [0.15, 0.2) is 0 Å². The minimum atomic E-state index is 0. The molecule has 2 heterocycles. The number of carbonyl (C=O) groups is 1. The maximum Gasteiger partial charge on any atom is 0.255 e. The van der Waals surface area contributed by atoms with Crippen molar-refractivity contribution < 1.29 is 9.53 Å². The van der Waals surface area contributed by atoms with E-state index in [0.29, 0.717) is 33.2 Å². The van der Waals surface area contributed by atoms with Crippen molar-refractivity contribution in [1.82, 2.24) is 15.2 Å². The van der Waals surface area contributed by atoms with Crippen LogP contribution in [0, 0.1) is 5.92 Å². The van der Waals surface area contributed by atoms with Gasteiger partial charge in [0.2, 0.25) is 5.88 Å². The fourth-order valence-electron chi connectivity index (χ4n) is 3.05. The summed E-state index contributed by atoms with van der Waals surface area (Å²) >= 11 is 12.1. The molecule has 1 N–H and O–H groups in total. The highest BCUT2D eigenvalue weighted by Gasteiger charge is 2.23. The second kappa shape index (κ2) is 11.7. The molecular formula is C19H23Cl4N3O2. The molecule has 9 heteroatoms. The van der Waals surface area contributed by atoms with Gasteiger partial charge in [-0.3, -0.25) is 4.79 Å². The van der Waals surface area contributed by atoms with Crippen molar-refractivity contribution in [1.29, 1.82) is 0 Å². The summed E-state index contributed by atoms with van der Waals surface area (Å²) in [6, 6.07) is 8.54. The molecule has 5 nitrogen and oxygen atoms in total. The average Bonchev–Trinajstić information content (AvgIpc) is 2.66. The second-order valence-corrected chi connectivity index (χ2v) is 7.12. The Kier molecular flexibility index (Phi) is 10.4. The number of amides is 1. The highest BCUT2D eigenvalue weighted by molar-refractivity contribution is 6.42. The van der Waals surface area contributed by atoms with E-state index in [1.807, 2.05) is 11.9 Å². The Bertz CT molecular complexity index is 766. The standard InChI is InChI=1S/C19H21Cl2N3O2.2ClH/c1-22-11-13-7-9-24(10-8-13)19(25)14-5-6-17(23-12-14)26-16-4-2-3-15(20)18(16)21;;/h2-6,12-13,22H,7-11H2,1H3;2*1H. The number of benzene rings is 1. The van der Waals surface area contributed by atoms with Gasteiger partial charge in [-0.1, -0.05) is 29.3 Å². The Labute approximate surface area is 187 Å². The van der Waals surface area contributed by atoms with Crippen molar-refractivity contribution in [3.8, 4) is 11.6 Å². The highest BCUT2D eigenvalue weighted by Crippen LogP contribution is 2.34. The smallest absolute Gasteiger partial charge is 0.255 e. The van der Waals surface area contributed by atoms with Crippen LogP contribution in [0.15, 0.2) is 36.5 Å². The molecule has 0 saturated carbocycles. The van der Waals surface area contributed by atoms with Gasteiger partial charge in [0.05, 0.1) is 10.6 Å². The van der Waals surface area contributed by atoms with Crippen LogP contribution in [0.5, 0.6) is 11.6 Å². The van der Waals surface area contributed by atoms with Crippen LogP contribution in [-0.2, 0) is 0 Å². The summed E-state index contributed by atoms with van der Waals surface area (Å²) < 4.78 is 5.65. The van der Waals surface area contributed by atoms with Gasteiger partial charge in [0.25, 0.3) is 5.91 Å². The lowest BCUT2D eigenvalue weighted by atomic mass is 9.96. The van der Waals surface area contributed by atoms with Gasteiger partial charge in [-0.15, -0.1) is 24.8 Å². The molecule has 1 aromatic carbocycles. The number of halogens is 4. The van der Waals surface area contributed by atoms with Gasteiger partial charge in [0.1, 0.15) is 10.8 Å². The number of nitrogens with zero attached hydrogens (tertiary/aromatic N) is 2. The summed E-state index contributed by atoms with van der Waals surface area (Å²) in [5.41, 5.74) is 0.557. The minimum absolute atomic E-state index is 0. The molecule has 0 aliphatic carbocycles. The van der Waals surface area contributed by atoms with Gasteiger partial charge in [-0.2, -0.15) is 0 Å². The number of carbonyl (C=O) groups excluding carboxylic acids is 1. The van der Waals surface area contributed by atoms with Crippen LogP contribution in [0.3, 0.4) is 0 Å². The Hall–Kier alpha value is -1.24. The monoisotopic (exact) mass is 465 g/mol. The first-order valence-electron chi connectivity index (χ1n) is 8.60. The molecule has 1 aliphatic rings. The SMILES string of the molecule is CNCC1CCN(C(=O)c2ccc(Oc3cccc(Cl)c3Cl)nc2)CC1.Cl.Cl. The summed E-state index contributed by atoms with van der Waals surface area (Å²) in [5, 5.41) is 3.95. The van der Waals surface area contributed by atoms with Gasteiger partial charge in [-0.25, -0.2) is 4.98 Å². The number of nitrogens with one attached hydrogen (secondary N) is 1. The maximum atomic E-state index is 12.6. The fraction of sp³-hybridized carbons (Fsp3) is 0.368. The maximum absolute atomic E-state index is 12.6. The molecule has 1 aliphatic heterocycles. The van der Waals surface area contributed by atoms with Crippen LogP contribution in [0.1, 0.15) is 23.2 Å². The van der Waals surface area contributed by atoms with Gasteiger partial charge >= 0.3 is 0 Å². The lowest BCUT2D eigenvalue weighted by Crippen LogP contribution is -2.40. The summed E-state index contributed by atoms with van der Waals surface area (Å²) in [6.45, 7) is 2.56. The molecule has 0 bridgehead atoms. The van der Waals surface area contributed by atoms with E-state index in [1.54, 1.807) is 30.3 Å². The van der Waals surface area contributed by atoms with Crippen molar-refractivity contribution in [2.45, 2.75) is 12.8 Å². The molecule has 0 unspecified atom stereocenters. The van der Waals surface area contributed by atoms with Crippen molar-refractivity contribution in [3.63, 3.8) is 0 Å². The number of hydrogen-bond acceptors (Lipinski definition) is 4. The molecule has 1 fully saturated rings. The van der Waals surface area contributed by atoms with Gasteiger partial charge in [0, 0.05) is 25.4 Å². The van der Waals surface area contributed by atoms with E-state index in [0.717, 1.165) is 32.5 Å². The van der Waals surface area contributed by atoms with E-state index in [2.05, 4.69) is 10.3 Å². The molecule has 1 aromatic heterocycles. The third-order valence-electron chi connectivity index (χ3n) is 4.51. The fourth-order valence-corrected chi connectivity index (χ4v) is 3.38. The van der Waals surface area contributed by atoms with E-state index in [-0.39, 0.29) is 30.7 Å². The van der Waals surface area contributed by atoms with E-state index >= 15 is 0 Å². The van der Waals surface area contributed by atoms with Crippen LogP contribution in [0.2, 0.25) is 10.0 Å². The first-order chi connectivity index (χ1) is 12.6. The zero-order valence-electron chi connectivity index (χ0n) is 15.4. The van der Waals surface area contributed by atoms with E-state index in [4.69, 9.17) is 27.9 Å². The Morgan fingerprint density at radius 3 is 2.54 bits per heavy atom. The Morgan fingerprint density at radius 1 is 1.21 bits per heavy atom. The first kappa shape index (κ1) is 24.8. The third kappa shape index (κ3) is 6.13. The topological polar surface area (TPSA) is 54.5 Å². The Morgan fingerprint density at radius 2 is 1.93 bits per heavy atom. The van der Waals surface area contributed by atoms with E-state index < -0.39 is 0 Å². The number of ether oxygens (including phenoxy) is 1. The molecule has 28 heavy (non-hydrogen) atoms. The number of piperidine rings is 1. The summed E-state index contributed by atoms with van der Waals surface area (Å²) in [6.07, 6.45) is 3.58. The third-order valence-corrected chi connectivity index (χ3v) is 5.31. The quantitative estimate of drug-likeness (QED) is 0.666. The predicted octanol–water partition coefficient (Wildman–Crippen LogP) is 5.10. The molecular weight excluding hydrogens is 444 g/mol. The molecule has 0 spiro atoms. The normalized spacial score (nSPS) is 14.0. The second-order valence-electron chi connectivity index (χ2n) is 6.33. The van der Waals surface area contributed by atoms with Crippen molar-refractivity contribution in [3.05, 3.63) is 52.1 Å². The first-order valence-corrected chi connectivity index (χ1v) is 9.36. The molecule has 1 amide bonds. The van der Waals surface area contributed by atoms with Crippen LogP contribution in [0.25, 0.3) is 0 Å². The summed E-state index contributed by atoms with van der Waals surface area (Å²) in [5.74, 6) is 1.43. The minimum Gasteiger partial charge on any atom is -0.437 e. The zero-order chi connectivity index (χ0) is 18.5. The number of aromatic nitrogens is 1. The number of hydrogen-bond donors (Lipinski definition) is 1. The number of rotatable bonds is 5. The molecule has 2 aromatic rings.